The number of anilines is 1. The first-order valence-electron chi connectivity index (χ1n) is 3.55. The Bertz CT molecular complexity index is 411. The van der Waals surface area contributed by atoms with Crippen LogP contribution in [0.25, 0.3) is 5.82 Å². The maximum Gasteiger partial charge on any atom is 0.177 e. The molecule has 0 saturated heterocycles. The predicted molar refractivity (Wildman–Crippen MR) is 48.6 cm³/mol. The van der Waals surface area contributed by atoms with Gasteiger partial charge in [-0.1, -0.05) is 11.6 Å². The zero-order valence-corrected chi connectivity index (χ0v) is 7.31. The van der Waals surface area contributed by atoms with Gasteiger partial charge in [-0.3, -0.25) is 0 Å². The molecule has 2 N–H and O–H groups in total. The summed E-state index contributed by atoms with van der Waals surface area (Å²) in [5.74, 6) is 0.737. The molecule has 0 aromatic carbocycles. The second-order valence-electron chi connectivity index (χ2n) is 2.35. The highest BCUT2D eigenvalue weighted by Crippen LogP contribution is 2.21. The molecule has 0 aliphatic carbocycles. The molecule has 2 aromatic heterocycles. The van der Waals surface area contributed by atoms with Crippen LogP contribution in [0.5, 0.6) is 0 Å². The van der Waals surface area contributed by atoms with Crippen molar-refractivity contribution in [2.75, 3.05) is 5.73 Å². The minimum atomic E-state index is 0.252. The Balaban J connectivity index is 2.59. The van der Waals surface area contributed by atoms with E-state index in [4.69, 9.17) is 17.3 Å². The highest BCUT2D eigenvalue weighted by Gasteiger charge is 2.07. The topological polar surface area (TPSA) is 69.6 Å². The van der Waals surface area contributed by atoms with Crippen molar-refractivity contribution < 1.29 is 0 Å². The molecule has 0 radical (unpaired) electrons. The van der Waals surface area contributed by atoms with Crippen LogP contribution in [-0.4, -0.2) is 19.7 Å². The first kappa shape index (κ1) is 8.00. The van der Waals surface area contributed by atoms with Crippen molar-refractivity contribution in [3.63, 3.8) is 0 Å². The third-order valence-corrected chi connectivity index (χ3v) is 1.88. The molecule has 0 unspecified atom stereocenters. The second-order valence-corrected chi connectivity index (χ2v) is 2.73. The number of hydrogen-bond acceptors (Lipinski definition) is 4. The zero-order valence-electron chi connectivity index (χ0n) is 6.55. The summed E-state index contributed by atoms with van der Waals surface area (Å²) >= 11 is 5.87. The number of aromatic nitrogens is 4. The van der Waals surface area contributed by atoms with Crippen molar-refractivity contribution in [2.24, 2.45) is 0 Å². The number of rotatable bonds is 1. The van der Waals surface area contributed by atoms with Crippen molar-refractivity contribution in [1.29, 1.82) is 0 Å². The lowest BCUT2D eigenvalue weighted by molar-refractivity contribution is 0.841. The first-order valence-corrected chi connectivity index (χ1v) is 3.93. The van der Waals surface area contributed by atoms with E-state index in [1.807, 2.05) is 0 Å². The molecule has 66 valence electrons. The van der Waals surface area contributed by atoms with Crippen molar-refractivity contribution in [3.05, 3.63) is 29.8 Å². The third-order valence-electron chi connectivity index (χ3n) is 1.52. The highest BCUT2D eigenvalue weighted by molar-refractivity contribution is 6.34. The lowest BCUT2D eigenvalue weighted by atomic mass is 10.5. The van der Waals surface area contributed by atoms with Gasteiger partial charge in [-0.25, -0.2) is 14.6 Å². The van der Waals surface area contributed by atoms with Gasteiger partial charge in [0.2, 0.25) is 0 Å². The molecule has 0 aliphatic rings. The van der Waals surface area contributed by atoms with Crippen LogP contribution >= 0.6 is 11.6 Å². The maximum atomic E-state index is 5.87. The summed E-state index contributed by atoms with van der Waals surface area (Å²) in [6, 6.07) is 1.77. The zero-order chi connectivity index (χ0) is 9.26. The van der Waals surface area contributed by atoms with E-state index in [1.165, 1.54) is 11.0 Å². The number of nitrogens with zero attached hydrogens (tertiary/aromatic N) is 4. The van der Waals surface area contributed by atoms with E-state index in [0.717, 1.165) is 0 Å². The predicted octanol–water partition coefficient (Wildman–Crippen LogP) is 0.898. The van der Waals surface area contributed by atoms with Crippen LogP contribution < -0.4 is 5.73 Å². The van der Waals surface area contributed by atoms with E-state index in [0.29, 0.717) is 10.8 Å². The van der Waals surface area contributed by atoms with E-state index >= 15 is 0 Å². The minimum Gasteiger partial charge on any atom is -0.382 e. The average molecular weight is 196 g/mol. The third kappa shape index (κ3) is 1.33. The van der Waals surface area contributed by atoms with E-state index in [1.54, 1.807) is 18.5 Å². The fourth-order valence-electron chi connectivity index (χ4n) is 0.927. The molecule has 0 fully saturated rings. The van der Waals surface area contributed by atoms with Gasteiger partial charge in [0.05, 0.1) is 0 Å². The summed E-state index contributed by atoms with van der Waals surface area (Å²) in [5.41, 5.74) is 5.50. The lowest BCUT2D eigenvalue weighted by Crippen LogP contribution is -2.02. The number of nitrogen functional groups attached to an aromatic ring is 1. The quantitative estimate of drug-likeness (QED) is 0.734. The number of hydrogen-bond donors (Lipinski definition) is 1. The molecule has 0 bridgehead atoms. The largest absolute Gasteiger partial charge is 0.382 e. The van der Waals surface area contributed by atoms with Crippen molar-refractivity contribution in [2.45, 2.75) is 0 Å². The molecular weight excluding hydrogens is 190 g/mol. The van der Waals surface area contributed by atoms with Crippen LogP contribution in [0.15, 0.2) is 24.8 Å². The summed E-state index contributed by atoms with van der Waals surface area (Å²) in [5, 5.41) is 4.29. The second kappa shape index (κ2) is 3.02. The van der Waals surface area contributed by atoms with E-state index < -0.39 is 0 Å². The van der Waals surface area contributed by atoms with E-state index in [2.05, 4.69) is 15.1 Å². The van der Waals surface area contributed by atoms with E-state index in [9.17, 15) is 0 Å². The van der Waals surface area contributed by atoms with Gasteiger partial charge in [0.15, 0.2) is 5.82 Å². The molecule has 6 heteroatoms. The molecule has 5 nitrogen and oxygen atoms in total. The summed E-state index contributed by atoms with van der Waals surface area (Å²) in [4.78, 5) is 7.70. The van der Waals surface area contributed by atoms with Crippen LogP contribution in [0.4, 0.5) is 5.82 Å². The highest BCUT2D eigenvalue weighted by atomic mass is 35.5. The number of nitrogens with two attached hydrogens (primary N) is 1. The summed E-state index contributed by atoms with van der Waals surface area (Å²) < 4.78 is 1.53. The van der Waals surface area contributed by atoms with Gasteiger partial charge < -0.3 is 5.73 Å². The van der Waals surface area contributed by atoms with Crippen LogP contribution in [0, 0.1) is 0 Å². The summed E-state index contributed by atoms with van der Waals surface area (Å²) in [7, 11) is 0. The Morgan fingerprint density at radius 2 is 2.23 bits per heavy atom. The van der Waals surface area contributed by atoms with E-state index in [-0.39, 0.29) is 5.82 Å². The molecule has 2 aromatic rings. The Kier molecular flexibility index (Phi) is 1.86. The molecule has 13 heavy (non-hydrogen) atoms. The molecule has 2 rings (SSSR count). The standard InChI is InChI=1S/C7H6ClN5/c8-5-6(9)10-4-11-7(5)13-3-1-2-12-13/h1-4H,(H2,9,10,11). The fraction of sp³-hybridized carbons (Fsp3) is 0. The molecule has 2 heterocycles. The fourth-order valence-corrected chi connectivity index (χ4v) is 1.11. The van der Waals surface area contributed by atoms with Gasteiger partial charge in [0, 0.05) is 12.4 Å². The first-order chi connectivity index (χ1) is 6.29. The Labute approximate surface area is 79.2 Å². The van der Waals surface area contributed by atoms with Crippen LogP contribution in [0.3, 0.4) is 0 Å². The van der Waals surface area contributed by atoms with Gasteiger partial charge in [-0.05, 0) is 6.07 Å². The SMILES string of the molecule is Nc1ncnc(-n2cccn2)c1Cl. The van der Waals surface area contributed by atoms with Gasteiger partial charge in [-0.2, -0.15) is 5.10 Å². The van der Waals surface area contributed by atoms with Gasteiger partial charge in [-0.15, -0.1) is 0 Å². The van der Waals surface area contributed by atoms with Gasteiger partial charge in [0.25, 0.3) is 0 Å². The summed E-state index contributed by atoms with van der Waals surface area (Å²) in [6.07, 6.45) is 4.71. The average Bonchev–Trinajstić information content (AvgIpc) is 2.62. The smallest absolute Gasteiger partial charge is 0.177 e. The van der Waals surface area contributed by atoms with Crippen molar-refractivity contribution >= 4 is 17.4 Å². The molecule has 0 spiro atoms. The Morgan fingerprint density at radius 3 is 2.92 bits per heavy atom. The maximum absolute atomic E-state index is 5.87. The Morgan fingerprint density at radius 1 is 1.38 bits per heavy atom. The van der Waals surface area contributed by atoms with Gasteiger partial charge >= 0.3 is 0 Å². The summed E-state index contributed by atoms with van der Waals surface area (Å²) in [6.45, 7) is 0. The Hall–Kier alpha value is -1.62. The molecule has 0 atom stereocenters. The minimum absolute atomic E-state index is 0.252. The van der Waals surface area contributed by atoms with Crippen molar-refractivity contribution in [3.8, 4) is 5.82 Å². The van der Waals surface area contributed by atoms with Crippen molar-refractivity contribution in [1.82, 2.24) is 19.7 Å². The molecular formula is C7H6ClN5. The van der Waals surface area contributed by atoms with Crippen LogP contribution in [-0.2, 0) is 0 Å². The monoisotopic (exact) mass is 195 g/mol. The molecule has 0 saturated carbocycles. The number of halogens is 1. The molecule has 0 amide bonds. The lowest BCUT2D eigenvalue weighted by Gasteiger charge is -2.03. The molecule has 0 aliphatic heterocycles. The van der Waals surface area contributed by atoms with Crippen LogP contribution in [0.2, 0.25) is 5.02 Å². The normalized spacial score (nSPS) is 10.2. The van der Waals surface area contributed by atoms with Gasteiger partial charge in [0.1, 0.15) is 17.2 Å². The van der Waals surface area contributed by atoms with Crippen LogP contribution in [0.1, 0.15) is 0 Å².